The van der Waals surface area contributed by atoms with Gasteiger partial charge in [0.05, 0.1) is 12.4 Å². The van der Waals surface area contributed by atoms with Crippen molar-refractivity contribution in [2.24, 2.45) is 0 Å². The van der Waals surface area contributed by atoms with Gasteiger partial charge < -0.3 is 5.32 Å². The lowest BCUT2D eigenvalue weighted by atomic mass is 10.4. The van der Waals surface area contributed by atoms with Crippen LogP contribution >= 0.6 is 11.6 Å². The van der Waals surface area contributed by atoms with Gasteiger partial charge in [0.2, 0.25) is 0 Å². The van der Waals surface area contributed by atoms with Crippen molar-refractivity contribution in [3.63, 3.8) is 0 Å². The lowest BCUT2D eigenvalue weighted by molar-refractivity contribution is 0.102. The van der Waals surface area contributed by atoms with Crippen molar-refractivity contribution >= 4 is 23.3 Å². The maximum atomic E-state index is 11.5. The summed E-state index contributed by atoms with van der Waals surface area (Å²) in [6.07, 6.45) is 4.27. The zero-order chi connectivity index (χ0) is 10.7. The molecular formula is C8H6ClN5O. The third kappa shape index (κ3) is 2.29. The molecule has 0 fully saturated rings. The normalized spacial score (nSPS) is 9.93. The number of aromatic amines is 1. The minimum Gasteiger partial charge on any atom is -0.304 e. The Kier molecular flexibility index (Phi) is 2.59. The van der Waals surface area contributed by atoms with Crippen molar-refractivity contribution in [2.45, 2.75) is 0 Å². The molecule has 2 heterocycles. The van der Waals surface area contributed by atoms with E-state index in [-0.39, 0.29) is 11.1 Å². The number of nitrogens with one attached hydrogen (secondary N) is 2. The van der Waals surface area contributed by atoms with E-state index in [4.69, 9.17) is 11.6 Å². The van der Waals surface area contributed by atoms with Crippen molar-refractivity contribution < 1.29 is 4.79 Å². The average molecular weight is 224 g/mol. The fourth-order valence-corrected chi connectivity index (χ4v) is 1.12. The number of hydrogen-bond donors (Lipinski definition) is 2. The first-order valence-corrected chi connectivity index (χ1v) is 4.42. The SMILES string of the molecule is O=C(Nc1cncc(Cl)n1)c1ccn[nH]1. The van der Waals surface area contributed by atoms with Gasteiger partial charge in [-0.25, -0.2) is 4.98 Å². The molecule has 15 heavy (non-hydrogen) atoms. The van der Waals surface area contributed by atoms with Gasteiger partial charge in [0, 0.05) is 6.20 Å². The summed E-state index contributed by atoms with van der Waals surface area (Å²) in [5, 5.41) is 8.92. The van der Waals surface area contributed by atoms with E-state index in [1.54, 1.807) is 6.07 Å². The van der Waals surface area contributed by atoms with E-state index >= 15 is 0 Å². The number of H-pyrrole nitrogens is 1. The van der Waals surface area contributed by atoms with Crippen LogP contribution in [0.25, 0.3) is 0 Å². The fourth-order valence-electron chi connectivity index (χ4n) is 0.968. The summed E-state index contributed by atoms with van der Waals surface area (Å²) in [5.41, 5.74) is 0.344. The third-order valence-electron chi connectivity index (χ3n) is 1.59. The van der Waals surface area contributed by atoms with Crippen LogP contribution in [0, 0.1) is 0 Å². The topological polar surface area (TPSA) is 83.6 Å². The first-order valence-electron chi connectivity index (χ1n) is 4.04. The van der Waals surface area contributed by atoms with Crippen molar-refractivity contribution in [2.75, 3.05) is 5.32 Å². The standard InChI is InChI=1S/C8H6ClN5O/c9-6-3-10-4-7(12-6)13-8(15)5-1-2-11-14-5/h1-4H,(H,11,14)(H,12,13,15). The molecule has 0 bridgehead atoms. The van der Waals surface area contributed by atoms with Crippen LogP contribution < -0.4 is 5.32 Å². The summed E-state index contributed by atoms with van der Waals surface area (Å²) < 4.78 is 0. The molecule has 2 aromatic rings. The highest BCUT2D eigenvalue weighted by molar-refractivity contribution is 6.29. The van der Waals surface area contributed by atoms with Gasteiger partial charge in [-0.1, -0.05) is 11.6 Å². The van der Waals surface area contributed by atoms with Gasteiger partial charge in [0.25, 0.3) is 5.91 Å². The van der Waals surface area contributed by atoms with Gasteiger partial charge in [-0.2, -0.15) is 5.10 Å². The Morgan fingerprint density at radius 3 is 3.00 bits per heavy atom. The van der Waals surface area contributed by atoms with E-state index in [0.29, 0.717) is 11.5 Å². The summed E-state index contributed by atoms with van der Waals surface area (Å²) in [5.74, 6) is -0.0498. The van der Waals surface area contributed by atoms with Crippen molar-refractivity contribution in [1.82, 2.24) is 20.2 Å². The molecule has 2 rings (SSSR count). The second kappa shape index (κ2) is 4.05. The van der Waals surface area contributed by atoms with Crippen LogP contribution in [0.1, 0.15) is 10.5 Å². The molecule has 0 aliphatic carbocycles. The Hall–Kier alpha value is -1.95. The molecule has 0 aromatic carbocycles. The third-order valence-corrected chi connectivity index (χ3v) is 1.77. The molecule has 0 saturated carbocycles. The van der Waals surface area contributed by atoms with Crippen LogP contribution in [0.2, 0.25) is 5.15 Å². The highest BCUT2D eigenvalue weighted by atomic mass is 35.5. The van der Waals surface area contributed by atoms with Crippen molar-refractivity contribution in [3.05, 3.63) is 35.5 Å². The molecular weight excluding hydrogens is 218 g/mol. The number of amides is 1. The maximum Gasteiger partial charge on any atom is 0.274 e. The van der Waals surface area contributed by atoms with Crippen LogP contribution in [0.5, 0.6) is 0 Å². The number of rotatable bonds is 2. The zero-order valence-corrected chi connectivity index (χ0v) is 8.19. The van der Waals surface area contributed by atoms with Gasteiger partial charge in [-0.05, 0) is 6.07 Å². The first kappa shape index (κ1) is 9.60. The van der Waals surface area contributed by atoms with E-state index in [1.807, 2.05) is 0 Å². The second-order valence-electron chi connectivity index (χ2n) is 2.65. The number of aromatic nitrogens is 4. The smallest absolute Gasteiger partial charge is 0.274 e. The highest BCUT2D eigenvalue weighted by Crippen LogP contribution is 2.07. The van der Waals surface area contributed by atoms with Gasteiger partial charge in [0.15, 0.2) is 5.82 Å². The molecule has 0 radical (unpaired) electrons. The molecule has 76 valence electrons. The van der Waals surface area contributed by atoms with Crippen LogP contribution in [0.4, 0.5) is 5.82 Å². The fraction of sp³-hybridized carbons (Fsp3) is 0. The number of carbonyl (C=O) groups is 1. The van der Waals surface area contributed by atoms with Gasteiger partial charge in [-0.3, -0.25) is 14.9 Å². The number of halogens is 1. The second-order valence-corrected chi connectivity index (χ2v) is 3.04. The van der Waals surface area contributed by atoms with E-state index in [0.717, 1.165) is 0 Å². The van der Waals surface area contributed by atoms with Gasteiger partial charge >= 0.3 is 0 Å². The lowest BCUT2D eigenvalue weighted by Crippen LogP contribution is -2.13. The van der Waals surface area contributed by atoms with Crippen LogP contribution in [-0.4, -0.2) is 26.1 Å². The van der Waals surface area contributed by atoms with E-state index in [2.05, 4.69) is 25.5 Å². The van der Waals surface area contributed by atoms with E-state index in [9.17, 15) is 4.79 Å². The minimum absolute atomic E-state index is 0.220. The molecule has 0 spiro atoms. The molecule has 2 aromatic heterocycles. The molecule has 1 amide bonds. The predicted molar refractivity (Wildman–Crippen MR) is 53.6 cm³/mol. The number of anilines is 1. The molecule has 0 saturated heterocycles. The summed E-state index contributed by atoms with van der Waals surface area (Å²) in [6, 6.07) is 1.55. The van der Waals surface area contributed by atoms with Gasteiger partial charge in [0.1, 0.15) is 10.8 Å². The van der Waals surface area contributed by atoms with Crippen molar-refractivity contribution in [1.29, 1.82) is 0 Å². The molecule has 0 atom stereocenters. The highest BCUT2D eigenvalue weighted by Gasteiger charge is 2.07. The monoisotopic (exact) mass is 223 g/mol. The molecule has 2 N–H and O–H groups in total. The number of carbonyl (C=O) groups excluding carboxylic acids is 1. The molecule has 6 nitrogen and oxygen atoms in total. The number of nitrogens with zero attached hydrogens (tertiary/aromatic N) is 3. The Morgan fingerprint density at radius 2 is 2.33 bits per heavy atom. The predicted octanol–water partition coefficient (Wildman–Crippen LogP) is 1.11. The Labute approximate surface area is 89.7 Å². The first-order chi connectivity index (χ1) is 7.25. The number of hydrogen-bond acceptors (Lipinski definition) is 4. The van der Waals surface area contributed by atoms with Gasteiger partial charge in [-0.15, -0.1) is 0 Å². The Bertz CT molecular complexity index is 470. The Morgan fingerprint density at radius 1 is 1.47 bits per heavy atom. The summed E-state index contributed by atoms with van der Waals surface area (Å²) >= 11 is 5.61. The Balaban J connectivity index is 2.13. The average Bonchev–Trinajstić information content (AvgIpc) is 2.70. The quantitative estimate of drug-likeness (QED) is 0.799. The molecule has 0 aliphatic rings. The van der Waals surface area contributed by atoms with Crippen LogP contribution in [0.15, 0.2) is 24.7 Å². The summed E-state index contributed by atoms with van der Waals surface area (Å²) in [7, 11) is 0. The molecule has 7 heteroatoms. The van der Waals surface area contributed by atoms with E-state index < -0.39 is 0 Å². The van der Waals surface area contributed by atoms with Crippen molar-refractivity contribution in [3.8, 4) is 0 Å². The zero-order valence-electron chi connectivity index (χ0n) is 7.44. The molecule has 0 aliphatic heterocycles. The largest absolute Gasteiger partial charge is 0.304 e. The molecule has 0 unspecified atom stereocenters. The summed E-state index contributed by atoms with van der Waals surface area (Å²) in [6.45, 7) is 0. The van der Waals surface area contributed by atoms with E-state index in [1.165, 1.54) is 18.6 Å². The minimum atomic E-state index is -0.343. The lowest BCUT2D eigenvalue weighted by Gasteiger charge is -2.01. The summed E-state index contributed by atoms with van der Waals surface area (Å²) in [4.78, 5) is 19.1. The maximum absolute atomic E-state index is 11.5. The van der Waals surface area contributed by atoms with Crippen LogP contribution in [-0.2, 0) is 0 Å². The van der Waals surface area contributed by atoms with Crippen LogP contribution in [0.3, 0.4) is 0 Å².